The smallest absolute Gasteiger partial charge is 0.307 e. The van der Waals surface area contributed by atoms with Crippen LogP contribution in [-0.2, 0) is 9.53 Å². The van der Waals surface area contributed by atoms with Gasteiger partial charge in [0.2, 0.25) is 0 Å². The lowest BCUT2D eigenvalue weighted by Crippen LogP contribution is -2.32. The molecule has 20 heavy (non-hydrogen) atoms. The van der Waals surface area contributed by atoms with E-state index in [1.165, 1.54) is 0 Å². The number of hydrogen-bond donors (Lipinski definition) is 2. The zero-order chi connectivity index (χ0) is 14.8. The van der Waals surface area contributed by atoms with Crippen LogP contribution >= 0.6 is 15.9 Å². The van der Waals surface area contributed by atoms with Crippen LogP contribution in [0.4, 0.5) is 0 Å². The van der Waals surface area contributed by atoms with Gasteiger partial charge in [-0.2, -0.15) is 0 Å². The largest absolute Gasteiger partial charge is 0.491 e. The normalized spacial score (nSPS) is 11.9. The summed E-state index contributed by atoms with van der Waals surface area (Å²) in [6.07, 6.45) is -0.330. The molecular weight excluding hydrogens is 326 g/mol. The lowest BCUT2D eigenvalue weighted by molar-refractivity contribution is -0.143. The van der Waals surface area contributed by atoms with Crippen LogP contribution < -0.4 is 10.1 Å². The van der Waals surface area contributed by atoms with Crippen molar-refractivity contribution in [2.75, 3.05) is 26.3 Å². The van der Waals surface area contributed by atoms with Crippen molar-refractivity contribution in [3.8, 4) is 5.75 Å². The summed E-state index contributed by atoms with van der Waals surface area (Å²) in [5, 5.41) is 12.7. The van der Waals surface area contributed by atoms with Crippen LogP contribution in [0.25, 0.3) is 0 Å². The second-order valence-corrected chi connectivity index (χ2v) is 5.10. The van der Waals surface area contributed by atoms with Gasteiger partial charge in [-0.1, -0.05) is 22.0 Å². The van der Waals surface area contributed by atoms with Gasteiger partial charge in [0, 0.05) is 17.6 Å². The third kappa shape index (κ3) is 7.47. The van der Waals surface area contributed by atoms with Crippen molar-refractivity contribution in [2.45, 2.75) is 19.4 Å². The van der Waals surface area contributed by atoms with Gasteiger partial charge < -0.3 is 19.9 Å². The number of rotatable bonds is 9. The van der Waals surface area contributed by atoms with Gasteiger partial charge >= 0.3 is 5.97 Å². The molecule has 0 spiro atoms. The molecule has 0 fully saturated rings. The molecule has 112 valence electrons. The number of hydrogen-bond acceptors (Lipinski definition) is 5. The summed E-state index contributed by atoms with van der Waals surface area (Å²) in [7, 11) is 0. The van der Waals surface area contributed by atoms with Gasteiger partial charge in [0.05, 0.1) is 13.0 Å². The molecule has 0 aliphatic heterocycles. The summed E-state index contributed by atoms with van der Waals surface area (Å²) in [6, 6.07) is 7.43. The van der Waals surface area contributed by atoms with E-state index in [-0.39, 0.29) is 12.6 Å². The number of nitrogens with one attached hydrogen (secondary N) is 1. The van der Waals surface area contributed by atoms with Gasteiger partial charge in [0.15, 0.2) is 0 Å². The highest BCUT2D eigenvalue weighted by molar-refractivity contribution is 9.10. The molecule has 6 heteroatoms. The minimum atomic E-state index is -0.629. The number of esters is 1. The Balaban J connectivity index is 2.11. The molecule has 0 radical (unpaired) electrons. The van der Waals surface area contributed by atoms with Crippen molar-refractivity contribution in [3.05, 3.63) is 28.7 Å². The molecule has 0 aliphatic rings. The molecule has 0 saturated carbocycles. The Bertz CT molecular complexity index is 414. The predicted octanol–water partition coefficient (Wildman–Crippen LogP) is 1.73. The maximum atomic E-state index is 11.1. The first kappa shape index (κ1) is 16.9. The van der Waals surface area contributed by atoms with Gasteiger partial charge in [0.25, 0.3) is 0 Å². The number of carbonyl (C=O) groups is 1. The summed E-state index contributed by atoms with van der Waals surface area (Å²) in [6.45, 7) is 3.21. The molecule has 0 aromatic heterocycles. The van der Waals surface area contributed by atoms with Gasteiger partial charge in [-0.15, -0.1) is 0 Å². The lowest BCUT2D eigenvalue weighted by atomic mass is 10.3. The second kappa shape index (κ2) is 9.74. The highest BCUT2D eigenvalue weighted by atomic mass is 79.9. The Morgan fingerprint density at radius 3 is 3.00 bits per heavy atom. The Morgan fingerprint density at radius 1 is 1.50 bits per heavy atom. The van der Waals surface area contributed by atoms with Crippen molar-refractivity contribution in [3.63, 3.8) is 0 Å². The van der Waals surface area contributed by atoms with Crippen LogP contribution in [-0.4, -0.2) is 43.5 Å². The van der Waals surface area contributed by atoms with E-state index in [0.717, 1.165) is 4.47 Å². The standard InChI is InChI=1S/C14H20BrNO4/c1-2-19-14(18)6-7-16-9-12(17)10-20-13-5-3-4-11(15)8-13/h3-5,8,12,16-17H,2,6-7,9-10H2,1H3. The molecule has 0 amide bonds. The fraction of sp³-hybridized carbons (Fsp3) is 0.500. The molecule has 1 rings (SSSR count). The van der Waals surface area contributed by atoms with Gasteiger partial charge in [-0.05, 0) is 25.1 Å². The molecule has 5 nitrogen and oxygen atoms in total. The quantitative estimate of drug-likeness (QED) is 0.527. The van der Waals surface area contributed by atoms with Crippen LogP contribution in [0.2, 0.25) is 0 Å². The zero-order valence-corrected chi connectivity index (χ0v) is 13.1. The monoisotopic (exact) mass is 345 g/mol. The van der Waals surface area contributed by atoms with Crippen LogP contribution in [0.5, 0.6) is 5.75 Å². The van der Waals surface area contributed by atoms with E-state index in [0.29, 0.717) is 31.9 Å². The second-order valence-electron chi connectivity index (χ2n) is 4.18. The molecule has 0 saturated heterocycles. The van der Waals surface area contributed by atoms with Crippen molar-refractivity contribution in [1.82, 2.24) is 5.32 Å². The summed E-state index contributed by atoms with van der Waals surface area (Å²) in [4.78, 5) is 11.1. The molecule has 1 aromatic rings. The van der Waals surface area contributed by atoms with Gasteiger partial charge in [0.1, 0.15) is 18.5 Å². The lowest BCUT2D eigenvalue weighted by Gasteiger charge is -2.13. The van der Waals surface area contributed by atoms with Crippen molar-refractivity contribution in [2.24, 2.45) is 0 Å². The number of ether oxygens (including phenoxy) is 2. The van der Waals surface area contributed by atoms with Gasteiger partial charge in [-0.3, -0.25) is 4.79 Å². The predicted molar refractivity (Wildman–Crippen MR) is 79.8 cm³/mol. The highest BCUT2D eigenvalue weighted by Crippen LogP contribution is 2.17. The fourth-order valence-corrected chi connectivity index (χ4v) is 1.88. The first-order valence-corrected chi connectivity index (χ1v) is 7.34. The first-order chi connectivity index (χ1) is 9.61. The summed E-state index contributed by atoms with van der Waals surface area (Å²) in [5.74, 6) is 0.463. The summed E-state index contributed by atoms with van der Waals surface area (Å²) >= 11 is 3.35. The van der Waals surface area contributed by atoms with Crippen LogP contribution in [0, 0.1) is 0 Å². The maximum absolute atomic E-state index is 11.1. The van der Waals surface area contributed by atoms with E-state index < -0.39 is 6.10 Å². The van der Waals surface area contributed by atoms with Gasteiger partial charge in [-0.25, -0.2) is 0 Å². The van der Waals surface area contributed by atoms with E-state index >= 15 is 0 Å². The topological polar surface area (TPSA) is 67.8 Å². The molecule has 0 heterocycles. The number of benzene rings is 1. The Hall–Kier alpha value is -1.11. The number of halogens is 1. The van der Waals surface area contributed by atoms with E-state index in [4.69, 9.17) is 9.47 Å². The third-order valence-corrected chi connectivity index (χ3v) is 2.92. The first-order valence-electron chi connectivity index (χ1n) is 6.54. The Labute approximate surface area is 127 Å². The van der Waals surface area contributed by atoms with E-state index in [1.54, 1.807) is 6.92 Å². The van der Waals surface area contributed by atoms with Crippen LogP contribution in [0.3, 0.4) is 0 Å². The summed E-state index contributed by atoms with van der Waals surface area (Å²) in [5.41, 5.74) is 0. The molecule has 2 N–H and O–H groups in total. The Kier molecular flexibility index (Phi) is 8.25. The minimum absolute atomic E-state index is 0.197. The maximum Gasteiger partial charge on any atom is 0.307 e. The third-order valence-electron chi connectivity index (χ3n) is 2.43. The highest BCUT2D eigenvalue weighted by Gasteiger charge is 2.06. The molecule has 1 atom stereocenters. The van der Waals surface area contributed by atoms with Crippen LogP contribution in [0.15, 0.2) is 28.7 Å². The molecule has 1 unspecified atom stereocenters. The summed E-state index contributed by atoms with van der Waals surface area (Å²) < 4.78 is 11.2. The van der Waals surface area contributed by atoms with Crippen molar-refractivity contribution in [1.29, 1.82) is 0 Å². The Morgan fingerprint density at radius 2 is 2.30 bits per heavy atom. The fourth-order valence-electron chi connectivity index (χ4n) is 1.50. The van der Waals surface area contributed by atoms with Crippen molar-refractivity contribution >= 4 is 21.9 Å². The van der Waals surface area contributed by atoms with Crippen molar-refractivity contribution < 1.29 is 19.4 Å². The molecule has 1 aromatic carbocycles. The molecule has 0 bridgehead atoms. The number of aliphatic hydroxyl groups excluding tert-OH is 1. The average Bonchev–Trinajstić information content (AvgIpc) is 2.42. The molecule has 0 aliphatic carbocycles. The minimum Gasteiger partial charge on any atom is -0.491 e. The van der Waals surface area contributed by atoms with E-state index in [1.807, 2.05) is 24.3 Å². The molecular formula is C14H20BrNO4. The van der Waals surface area contributed by atoms with Crippen LogP contribution in [0.1, 0.15) is 13.3 Å². The number of aliphatic hydroxyl groups is 1. The zero-order valence-electron chi connectivity index (χ0n) is 11.5. The van der Waals surface area contributed by atoms with E-state index in [9.17, 15) is 9.90 Å². The number of carbonyl (C=O) groups excluding carboxylic acids is 1. The van der Waals surface area contributed by atoms with E-state index in [2.05, 4.69) is 21.2 Å². The SMILES string of the molecule is CCOC(=O)CCNCC(O)COc1cccc(Br)c1. The average molecular weight is 346 g/mol.